The van der Waals surface area contributed by atoms with Gasteiger partial charge in [-0.1, -0.05) is 23.7 Å². The molecule has 0 saturated heterocycles. The second-order valence-corrected chi connectivity index (χ2v) is 6.34. The van der Waals surface area contributed by atoms with E-state index in [1.54, 1.807) is 31.4 Å². The van der Waals surface area contributed by atoms with Gasteiger partial charge < -0.3 is 15.2 Å². The maximum atomic E-state index is 13.6. The summed E-state index contributed by atoms with van der Waals surface area (Å²) in [5.41, 5.74) is 6.38. The van der Waals surface area contributed by atoms with Gasteiger partial charge in [0.2, 0.25) is 0 Å². The summed E-state index contributed by atoms with van der Waals surface area (Å²) in [5.74, 6) is 0.203. The zero-order valence-corrected chi connectivity index (χ0v) is 14.5. The topological polar surface area (TPSA) is 56.8 Å². The third kappa shape index (κ3) is 2.77. The van der Waals surface area contributed by atoms with Gasteiger partial charge in [-0.05, 0) is 51.3 Å². The molecule has 0 saturated carbocycles. The predicted octanol–water partition coefficient (Wildman–Crippen LogP) is 3.84. The van der Waals surface area contributed by atoms with E-state index in [1.165, 1.54) is 6.07 Å². The van der Waals surface area contributed by atoms with Crippen LogP contribution in [0.25, 0.3) is 0 Å². The lowest BCUT2D eigenvalue weighted by Gasteiger charge is -2.26. The molecule has 0 bridgehead atoms. The summed E-state index contributed by atoms with van der Waals surface area (Å²) in [6.07, 6.45) is 0. The van der Waals surface area contributed by atoms with Crippen LogP contribution in [0.4, 0.5) is 4.39 Å². The Morgan fingerprint density at radius 3 is 2.57 bits per heavy atom. The van der Waals surface area contributed by atoms with Crippen LogP contribution in [0.3, 0.4) is 0 Å². The molecule has 2 aromatic carbocycles. The van der Waals surface area contributed by atoms with E-state index in [0.29, 0.717) is 15.2 Å². The van der Waals surface area contributed by atoms with Gasteiger partial charge in [-0.25, -0.2) is 9.38 Å². The first-order valence-corrected chi connectivity index (χ1v) is 7.91. The van der Waals surface area contributed by atoms with Crippen molar-refractivity contribution in [1.29, 1.82) is 0 Å². The van der Waals surface area contributed by atoms with Gasteiger partial charge in [0.15, 0.2) is 5.54 Å². The SMILES string of the molecule is COc1ccc([C@]2(c3ccc(F)c(Br)c3)COC(N)=N2)cc1Cl. The quantitative estimate of drug-likeness (QED) is 0.853. The van der Waals surface area contributed by atoms with Crippen molar-refractivity contribution in [1.82, 2.24) is 0 Å². The highest BCUT2D eigenvalue weighted by molar-refractivity contribution is 9.10. The minimum Gasteiger partial charge on any atom is -0.495 e. The molecule has 7 heteroatoms. The first kappa shape index (κ1) is 16.1. The van der Waals surface area contributed by atoms with Crippen molar-refractivity contribution in [2.45, 2.75) is 5.54 Å². The number of halogens is 3. The molecule has 0 fully saturated rings. The molecule has 2 N–H and O–H groups in total. The molecule has 0 aromatic heterocycles. The molecule has 120 valence electrons. The lowest BCUT2D eigenvalue weighted by atomic mass is 9.84. The maximum absolute atomic E-state index is 13.6. The standard InChI is InChI=1S/C16H13BrClFN2O2/c1-22-14-5-3-10(7-12(14)18)16(8-23-15(20)21-16)9-2-4-13(19)11(17)6-9/h2-7H,8H2,1H3,(H2,20,21)/t16-/m1/s1. The van der Waals surface area contributed by atoms with E-state index in [2.05, 4.69) is 20.9 Å². The average Bonchev–Trinajstić information content (AvgIpc) is 2.93. The van der Waals surface area contributed by atoms with Gasteiger partial charge in [-0.3, -0.25) is 0 Å². The van der Waals surface area contributed by atoms with Crippen LogP contribution < -0.4 is 10.5 Å². The van der Waals surface area contributed by atoms with E-state index in [9.17, 15) is 4.39 Å². The largest absolute Gasteiger partial charge is 0.495 e. The van der Waals surface area contributed by atoms with Crippen molar-refractivity contribution in [3.63, 3.8) is 0 Å². The molecule has 3 rings (SSSR count). The molecule has 1 atom stereocenters. The van der Waals surface area contributed by atoms with E-state index in [4.69, 9.17) is 26.8 Å². The Kier molecular flexibility index (Phi) is 4.21. The van der Waals surface area contributed by atoms with Crippen molar-refractivity contribution in [2.75, 3.05) is 13.7 Å². The van der Waals surface area contributed by atoms with Crippen LogP contribution >= 0.6 is 27.5 Å². The summed E-state index contributed by atoms with van der Waals surface area (Å²) in [7, 11) is 1.54. The highest BCUT2D eigenvalue weighted by Gasteiger charge is 2.40. The fraction of sp³-hybridized carbons (Fsp3) is 0.188. The highest BCUT2D eigenvalue weighted by Crippen LogP contribution is 2.41. The van der Waals surface area contributed by atoms with Crippen LogP contribution in [0.1, 0.15) is 11.1 Å². The zero-order valence-electron chi connectivity index (χ0n) is 12.1. The molecule has 0 radical (unpaired) electrons. The minimum absolute atomic E-state index is 0.0809. The van der Waals surface area contributed by atoms with Crippen LogP contribution in [0.2, 0.25) is 5.02 Å². The predicted molar refractivity (Wildman–Crippen MR) is 90.5 cm³/mol. The number of hydrogen-bond acceptors (Lipinski definition) is 4. The van der Waals surface area contributed by atoms with Crippen molar-refractivity contribution in [3.05, 3.63) is 62.8 Å². The molecule has 1 aliphatic heterocycles. The zero-order chi connectivity index (χ0) is 16.6. The molecule has 0 aliphatic carbocycles. The molecular weight excluding hydrogens is 387 g/mol. The molecule has 0 amide bonds. The molecule has 1 heterocycles. The second-order valence-electron chi connectivity index (χ2n) is 5.08. The van der Waals surface area contributed by atoms with Crippen molar-refractivity contribution in [3.8, 4) is 5.75 Å². The molecule has 0 unspecified atom stereocenters. The van der Waals surface area contributed by atoms with E-state index >= 15 is 0 Å². The monoisotopic (exact) mass is 398 g/mol. The lowest BCUT2D eigenvalue weighted by Crippen LogP contribution is -2.27. The number of hydrogen-bond donors (Lipinski definition) is 1. The van der Waals surface area contributed by atoms with Crippen LogP contribution in [0.15, 0.2) is 45.9 Å². The van der Waals surface area contributed by atoms with Crippen LogP contribution in [-0.4, -0.2) is 19.7 Å². The number of rotatable bonds is 3. The van der Waals surface area contributed by atoms with Gasteiger partial charge >= 0.3 is 0 Å². The number of nitrogens with zero attached hydrogens (tertiary/aromatic N) is 1. The Morgan fingerprint density at radius 2 is 2.00 bits per heavy atom. The van der Waals surface area contributed by atoms with Gasteiger partial charge in [-0.2, -0.15) is 0 Å². The van der Waals surface area contributed by atoms with Crippen LogP contribution in [0.5, 0.6) is 5.75 Å². The van der Waals surface area contributed by atoms with E-state index in [1.807, 2.05) is 6.07 Å². The van der Waals surface area contributed by atoms with E-state index < -0.39 is 5.54 Å². The van der Waals surface area contributed by atoms with E-state index in [0.717, 1.165) is 11.1 Å². The van der Waals surface area contributed by atoms with Gasteiger partial charge in [0.05, 0.1) is 16.6 Å². The van der Waals surface area contributed by atoms with E-state index in [-0.39, 0.29) is 18.4 Å². The van der Waals surface area contributed by atoms with Crippen molar-refractivity contribution >= 4 is 33.6 Å². The Hall–Kier alpha value is -1.79. The molecule has 0 spiro atoms. The third-order valence-corrected chi connectivity index (χ3v) is 4.66. The first-order valence-electron chi connectivity index (χ1n) is 6.74. The Morgan fingerprint density at radius 1 is 1.30 bits per heavy atom. The highest BCUT2D eigenvalue weighted by atomic mass is 79.9. The van der Waals surface area contributed by atoms with Gasteiger partial charge in [-0.15, -0.1) is 0 Å². The third-order valence-electron chi connectivity index (χ3n) is 3.76. The second kappa shape index (κ2) is 6.02. The number of amidine groups is 1. The first-order chi connectivity index (χ1) is 11.0. The maximum Gasteiger partial charge on any atom is 0.283 e. The van der Waals surface area contributed by atoms with Crippen LogP contribution in [0, 0.1) is 5.82 Å². The lowest BCUT2D eigenvalue weighted by molar-refractivity contribution is 0.278. The van der Waals surface area contributed by atoms with Crippen LogP contribution in [-0.2, 0) is 10.3 Å². The molecule has 2 aromatic rings. The van der Waals surface area contributed by atoms with Gasteiger partial charge in [0.1, 0.15) is 18.2 Å². The fourth-order valence-corrected chi connectivity index (χ4v) is 3.21. The molecule has 4 nitrogen and oxygen atoms in total. The Bertz CT molecular complexity index is 800. The van der Waals surface area contributed by atoms with Crippen molar-refractivity contribution in [2.24, 2.45) is 10.7 Å². The number of methoxy groups -OCH3 is 1. The summed E-state index contributed by atoms with van der Waals surface area (Å²) >= 11 is 9.44. The molecular formula is C16H13BrClFN2O2. The number of benzene rings is 2. The summed E-state index contributed by atoms with van der Waals surface area (Å²) in [4.78, 5) is 4.46. The minimum atomic E-state index is -0.879. The Balaban J connectivity index is 2.18. The number of aliphatic imine (C=N–C) groups is 1. The summed E-state index contributed by atoms with van der Waals surface area (Å²) in [6.45, 7) is 0.208. The number of ether oxygens (including phenoxy) is 2. The molecule has 1 aliphatic rings. The Labute approximate surface area is 146 Å². The summed E-state index contributed by atoms with van der Waals surface area (Å²) in [6, 6.07) is 10.1. The molecule has 23 heavy (non-hydrogen) atoms. The number of nitrogens with two attached hydrogens (primary N) is 1. The summed E-state index contributed by atoms with van der Waals surface area (Å²) in [5, 5.41) is 0.450. The summed E-state index contributed by atoms with van der Waals surface area (Å²) < 4.78 is 24.5. The fourth-order valence-electron chi connectivity index (χ4n) is 2.57. The average molecular weight is 400 g/mol. The smallest absolute Gasteiger partial charge is 0.283 e. The normalized spacial score (nSPS) is 20.1. The van der Waals surface area contributed by atoms with Gasteiger partial charge in [0, 0.05) is 0 Å². The van der Waals surface area contributed by atoms with Gasteiger partial charge in [0.25, 0.3) is 6.02 Å². The van der Waals surface area contributed by atoms with Crippen molar-refractivity contribution < 1.29 is 13.9 Å².